The van der Waals surface area contributed by atoms with E-state index in [9.17, 15) is 0 Å². The Hall–Kier alpha value is -1.32. The van der Waals surface area contributed by atoms with E-state index in [-0.39, 0.29) is 0 Å². The molecule has 2 heterocycles. The van der Waals surface area contributed by atoms with Gasteiger partial charge in [0.05, 0.1) is 0 Å². The summed E-state index contributed by atoms with van der Waals surface area (Å²) in [6.45, 7) is 3.28. The molecule has 19 heavy (non-hydrogen) atoms. The molecule has 1 saturated carbocycles. The van der Waals surface area contributed by atoms with Gasteiger partial charge in [0.1, 0.15) is 5.82 Å². The molecule has 1 aliphatic heterocycles. The molecule has 0 aromatic carbocycles. The smallest absolute Gasteiger partial charge is 0.224 e. The van der Waals surface area contributed by atoms with Crippen molar-refractivity contribution in [2.24, 2.45) is 5.92 Å². The van der Waals surface area contributed by atoms with Crippen LogP contribution in [0.3, 0.4) is 0 Å². The second kappa shape index (κ2) is 5.35. The molecule has 1 N–H and O–H groups in total. The molecule has 1 aliphatic carbocycles. The van der Waals surface area contributed by atoms with E-state index in [0.29, 0.717) is 6.04 Å². The van der Waals surface area contributed by atoms with Crippen molar-refractivity contribution < 1.29 is 0 Å². The largest absolute Gasteiger partial charge is 0.357 e. The number of piperidine rings is 1. The molecule has 4 heteroatoms. The van der Waals surface area contributed by atoms with Gasteiger partial charge in [-0.15, -0.1) is 0 Å². The van der Waals surface area contributed by atoms with Crippen molar-refractivity contribution in [3.8, 4) is 0 Å². The number of anilines is 2. The number of hydrogen-bond acceptors (Lipinski definition) is 4. The maximum atomic E-state index is 4.71. The quantitative estimate of drug-likeness (QED) is 0.887. The first-order valence-electron chi connectivity index (χ1n) is 7.57. The minimum absolute atomic E-state index is 0.709. The van der Waals surface area contributed by atoms with Crippen LogP contribution >= 0.6 is 0 Å². The highest BCUT2D eigenvalue weighted by Crippen LogP contribution is 2.38. The van der Waals surface area contributed by atoms with Gasteiger partial charge in [0.15, 0.2) is 0 Å². The second-order valence-electron chi connectivity index (χ2n) is 5.90. The van der Waals surface area contributed by atoms with E-state index >= 15 is 0 Å². The Kier molecular flexibility index (Phi) is 3.58. The summed E-state index contributed by atoms with van der Waals surface area (Å²) in [6.07, 6.45) is 10.2. The molecular weight excluding hydrogens is 236 g/mol. The summed E-state index contributed by atoms with van der Waals surface area (Å²) >= 11 is 0. The predicted molar refractivity (Wildman–Crippen MR) is 78.6 cm³/mol. The van der Waals surface area contributed by atoms with Gasteiger partial charge in [0.2, 0.25) is 5.95 Å². The van der Waals surface area contributed by atoms with Crippen molar-refractivity contribution in [1.82, 2.24) is 9.97 Å². The van der Waals surface area contributed by atoms with E-state index in [2.05, 4.69) is 22.1 Å². The summed E-state index contributed by atoms with van der Waals surface area (Å²) in [7, 11) is 1.88. The zero-order chi connectivity index (χ0) is 13.2. The molecule has 2 aliphatic rings. The lowest BCUT2D eigenvalue weighted by Crippen LogP contribution is -2.47. The minimum atomic E-state index is 0.709. The van der Waals surface area contributed by atoms with Gasteiger partial charge in [-0.3, -0.25) is 0 Å². The first-order valence-corrected chi connectivity index (χ1v) is 7.57. The third kappa shape index (κ3) is 2.40. The van der Waals surface area contributed by atoms with Gasteiger partial charge in [-0.05, 0) is 38.5 Å². The fourth-order valence-corrected chi connectivity index (χ4v) is 3.73. The van der Waals surface area contributed by atoms with Crippen LogP contribution in [0.25, 0.3) is 0 Å². The van der Waals surface area contributed by atoms with E-state index in [1.807, 2.05) is 13.2 Å². The van der Waals surface area contributed by atoms with E-state index in [0.717, 1.165) is 24.2 Å². The molecular formula is C15H24N4. The van der Waals surface area contributed by atoms with E-state index in [1.54, 1.807) is 0 Å². The predicted octanol–water partition coefficient (Wildman–Crippen LogP) is 2.99. The van der Waals surface area contributed by atoms with Crippen LogP contribution in [-0.2, 0) is 0 Å². The Morgan fingerprint density at radius 3 is 2.84 bits per heavy atom. The lowest BCUT2D eigenvalue weighted by atomic mass is 9.78. The fraction of sp³-hybridized carbons (Fsp3) is 0.733. The molecule has 2 fully saturated rings. The number of fused-ring (bicyclic) bond motifs is 1. The molecule has 0 amide bonds. The van der Waals surface area contributed by atoms with Gasteiger partial charge in [-0.1, -0.05) is 12.8 Å². The van der Waals surface area contributed by atoms with Crippen molar-refractivity contribution in [2.45, 2.75) is 51.5 Å². The van der Waals surface area contributed by atoms with Crippen LogP contribution in [-0.4, -0.2) is 29.6 Å². The van der Waals surface area contributed by atoms with Crippen molar-refractivity contribution in [2.75, 3.05) is 23.8 Å². The van der Waals surface area contributed by atoms with Crippen molar-refractivity contribution in [3.63, 3.8) is 0 Å². The van der Waals surface area contributed by atoms with Gasteiger partial charge in [-0.25, -0.2) is 4.98 Å². The van der Waals surface area contributed by atoms with Crippen LogP contribution < -0.4 is 10.2 Å². The molecule has 1 saturated heterocycles. The second-order valence-corrected chi connectivity index (χ2v) is 5.90. The lowest BCUT2D eigenvalue weighted by molar-refractivity contribution is 0.242. The molecule has 1 aromatic heterocycles. The Morgan fingerprint density at radius 2 is 2.00 bits per heavy atom. The maximum absolute atomic E-state index is 4.71. The SMILES string of the molecule is CNc1ncc(C)c(N2CCC[C@H]3CCCC[C@H]32)n1. The Labute approximate surface area is 115 Å². The van der Waals surface area contributed by atoms with E-state index in [4.69, 9.17) is 4.98 Å². The number of nitrogens with zero attached hydrogens (tertiary/aromatic N) is 3. The third-order valence-corrected chi connectivity index (χ3v) is 4.68. The molecule has 0 bridgehead atoms. The highest BCUT2D eigenvalue weighted by molar-refractivity contribution is 5.50. The summed E-state index contributed by atoms with van der Waals surface area (Å²) < 4.78 is 0. The average Bonchev–Trinajstić information content (AvgIpc) is 2.47. The van der Waals surface area contributed by atoms with Crippen LogP contribution in [0, 0.1) is 12.8 Å². The Bertz CT molecular complexity index is 444. The summed E-state index contributed by atoms with van der Waals surface area (Å²) in [5, 5.41) is 3.06. The average molecular weight is 260 g/mol. The lowest BCUT2D eigenvalue weighted by Gasteiger charge is -2.45. The maximum Gasteiger partial charge on any atom is 0.224 e. The zero-order valence-electron chi connectivity index (χ0n) is 12.0. The third-order valence-electron chi connectivity index (χ3n) is 4.68. The number of aryl methyl sites for hydroxylation is 1. The minimum Gasteiger partial charge on any atom is -0.357 e. The first-order chi connectivity index (χ1) is 9.29. The normalized spacial score (nSPS) is 26.9. The molecule has 2 atom stereocenters. The Morgan fingerprint density at radius 1 is 1.21 bits per heavy atom. The Balaban J connectivity index is 1.91. The van der Waals surface area contributed by atoms with Crippen molar-refractivity contribution in [3.05, 3.63) is 11.8 Å². The summed E-state index contributed by atoms with van der Waals surface area (Å²) in [4.78, 5) is 11.6. The molecule has 0 unspecified atom stereocenters. The monoisotopic (exact) mass is 260 g/mol. The number of nitrogens with one attached hydrogen (secondary N) is 1. The van der Waals surface area contributed by atoms with Gasteiger partial charge in [0.25, 0.3) is 0 Å². The van der Waals surface area contributed by atoms with E-state index < -0.39 is 0 Å². The van der Waals surface area contributed by atoms with Gasteiger partial charge in [-0.2, -0.15) is 4.98 Å². The highest BCUT2D eigenvalue weighted by atomic mass is 15.3. The van der Waals surface area contributed by atoms with Crippen LogP contribution in [0.5, 0.6) is 0 Å². The highest BCUT2D eigenvalue weighted by Gasteiger charge is 2.34. The van der Waals surface area contributed by atoms with Crippen LogP contribution in [0.2, 0.25) is 0 Å². The topological polar surface area (TPSA) is 41.1 Å². The molecule has 4 nitrogen and oxygen atoms in total. The summed E-state index contributed by atoms with van der Waals surface area (Å²) in [6, 6.07) is 0.709. The van der Waals surface area contributed by atoms with Crippen molar-refractivity contribution >= 4 is 11.8 Å². The first kappa shape index (κ1) is 12.7. The molecule has 3 rings (SSSR count). The van der Waals surface area contributed by atoms with E-state index in [1.165, 1.54) is 44.1 Å². The molecule has 1 aromatic rings. The molecule has 0 spiro atoms. The molecule has 0 radical (unpaired) electrons. The number of rotatable bonds is 2. The van der Waals surface area contributed by atoms with Gasteiger partial charge >= 0.3 is 0 Å². The van der Waals surface area contributed by atoms with Crippen LogP contribution in [0.4, 0.5) is 11.8 Å². The van der Waals surface area contributed by atoms with Crippen LogP contribution in [0.1, 0.15) is 44.1 Å². The number of hydrogen-bond donors (Lipinski definition) is 1. The van der Waals surface area contributed by atoms with Crippen LogP contribution in [0.15, 0.2) is 6.20 Å². The fourth-order valence-electron chi connectivity index (χ4n) is 3.73. The zero-order valence-corrected chi connectivity index (χ0v) is 12.0. The standard InChI is InChI=1S/C15H24N4/c1-11-10-17-15(16-2)18-14(11)19-9-5-7-12-6-3-4-8-13(12)19/h10,12-13H,3-9H2,1-2H3,(H,16,17,18)/t12-,13-/m1/s1. The van der Waals surface area contributed by atoms with Crippen molar-refractivity contribution in [1.29, 1.82) is 0 Å². The summed E-state index contributed by atoms with van der Waals surface area (Å²) in [5.74, 6) is 2.77. The number of aromatic nitrogens is 2. The molecule has 104 valence electrons. The van der Waals surface area contributed by atoms with Gasteiger partial charge in [0, 0.05) is 31.4 Å². The summed E-state index contributed by atoms with van der Waals surface area (Å²) in [5.41, 5.74) is 1.20. The van der Waals surface area contributed by atoms with Gasteiger partial charge < -0.3 is 10.2 Å².